The van der Waals surface area contributed by atoms with Crippen LogP contribution in [0.15, 0.2) is 28.9 Å². The third kappa shape index (κ3) is 3.81. The predicted octanol–water partition coefficient (Wildman–Crippen LogP) is 4.65. The summed E-state index contributed by atoms with van der Waals surface area (Å²) in [6.07, 6.45) is 1.65. The second-order valence-electron chi connectivity index (χ2n) is 5.66. The van der Waals surface area contributed by atoms with Gasteiger partial charge in [0.05, 0.1) is 11.3 Å². The van der Waals surface area contributed by atoms with E-state index in [0.29, 0.717) is 17.0 Å². The monoisotopic (exact) mass is 382 g/mol. The molecule has 0 saturated carbocycles. The summed E-state index contributed by atoms with van der Waals surface area (Å²) >= 11 is 6.04. The van der Waals surface area contributed by atoms with Gasteiger partial charge in [-0.25, -0.2) is 4.39 Å². The van der Waals surface area contributed by atoms with Crippen LogP contribution >= 0.6 is 24.0 Å². The molecule has 2 N–H and O–H groups in total. The van der Waals surface area contributed by atoms with Crippen LogP contribution in [0.1, 0.15) is 30.1 Å². The molecule has 0 aliphatic heterocycles. The van der Waals surface area contributed by atoms with Crippen molar-refractivity contribution in [1.29, 1.82) is 0 Å². The number of halogens is 3. The van der Waals surface area contributed by atoms with Crippen molar-refractivity contribution in [3.63, 3.8) is 0 Å². The van der Waals surface area contributed by atoms with Crippen molar-refractivity contribution in [2.24, 2.45) is 5.73 Å². The molecular formula is C17H17Cl2FN4O. The number of aromatic nitrogens is 3. The first-order valence-corrected chi connectivity index (χ1v) is 7.77. The number of hydrogen-bond donors (Lipinski definition) is 1. The molecule has 132 valence electrons. The Morgan fingerprint density at radius 3 is 2.52 bits per heavy atom. The van der Waals surface area contributed by atoms with E-state index in [4.69, 9.17) is 21.9 Å². The van der Waals surface area contributed by atoms with Crippen LogP contribution in [0.4, 0.5) is 4.39 Å². The highest BCUT2D eigenvalue weighted by molar-refractivity contribution is 6.31. The van der Waals surface area contributed by atoms with E-state index in [2.05, 4.69) is 15.1 Å². The van der Waals surface area contributed by atoms with E-state index in [0.717, 1.165) is 11.3 Å². The quantitative estimate of drug-likeness (QED) is 0.712. The summed E-state index contributed by atoms with van der Waals surface area (Å²) in [6.45, 7) is 5.42. The molecule has 0 fully saturated rings. The van der Waals surface area contributed by atoms with Gasteiger partial charge >= 0.3 is 0 Å². The minimum Gasteiger partial charge on any atom is -0.339 e. The maximum Gasteiger partial charge on any atom is 0.223 e. The summed E-state index contributed by atoms with van der Waals surface area (Å²) in [5.74, 6) is 0.00437. The number of nitrogens with two attached hydrogens (primary N) is 1. The average Bonchev–Trinajstić information content (AvgIpc) is 2.92. The van der Waals surface area contributed by atoms with E-state index in [-0.39, 0.29) is 34.9 Å². The SMILES string of the molecule is Cc1nc(-c2c(F)cc(Cl)cc2-c2cnc(C(C)N)c(C)c2)no1.Cl. The van der Waals surface area contributed by atoms with E-state index in [1.54, 1.807) is 19.2 Å². The number of pyridine rings is 1. The van der Waals surface area contributed by atoms with Crippen molar-refractivity contribution < 1.29 is 8.91 Å². The Bertz CT molecular complexity index is 912. The zero-order chi connectivity index (χ0) is 17.4. The van der Waals surface area contributed by atoms with Crippen LogP contribution in [0, 0.1) is 19.7 Å². The van der Waals surface area contributed by atoms with Crippen LogP contribution in [0.2, 0.25) is 5.02 Å². The van der Waals surface area contributed by atoms with Gasteiger partial charge in [0.1, 0.15) is 5.82 Å². The molecule has 0 radical (unpaired) electrons. The summed E-state index contributed by atoms with van der Waals surface area (Å²) in [6, 6.07) is 4.60. The lowest BCUT2D eigenvalue weighted by molar-refractivity contribution is 0.394. The van der Waals surface area contributed by atoms with E-state index in [1.807, 2.05) is 19.9 Å². The summed E-state index contributed by atoms with van der Waals surface area (Å²) < 4.78 is 19.5. The molecule has 5 nitrogen and oxygen atoms in total. The Hall–Kier alpha value is -2.02. The second-order valence-corrected chi connectivity index (χ2v) is 6.10. The summed E-state index contributed by atoms with van der Waals surface area (Å²) in [5.41, 5.74) is 9.09. The maximum atomic E-state index is 14.6. The van der Waals surface area contributed by atoms with Gasteiger partial charge in [0.25, 0.3) is 0 Å². The van der Waals surface area contributed by atoms with Crippen molar-refractivity contribution in [3.05, 3.63) is 52.4 Å². The smallest absolute Gasteiger partial charge is 0.223 e. The van der Waals surface area contributed by atoms with Crippen molar-refractivity contribution >= 4 is 24.0 Å². The fourth-order valence-corrected chi connectivity index (χ4v) is 2.84. The molecule has 2 aromatic heterocycles. The minimum atomic E-state index is -0.521. The maximum absolute atomic E-state index is 14.6. The van der Waals surface area contributed by atoms with Gasteiger partial charge in [-0.2, -0.15) is 4.98 Å². The number of rotatable bonds is 3. The van der Waals surface area contributed by atoms with Gasteiger partial charge in [-0.05, 0) is 43.2 Å². The lowest BCUT2D eigenvalue weighted by Gasteiger charge is -2.13. The van der Waals surface area contributed by atoms with Gasteiger partial charge in [-0.3, -0.25) is 4.98 Å². The van der Waals surface area contributed by atoms with Gasteiger partial charge in [0, 0.05) is 29.7 Å². The molecule has 25 heavy (non-hydrogen) atoms. The van der Waals surface area contributed by atoms with E-state index < -0.39 is 5.82 Å². The molecule has 0 amide bonds. The third-order valence-electron chi connectivity index (χ3n) is 3.67. The third-order valence-corrected chi connectivity index (χ3v) is 3.89. The number of nitrogens with zero attached hydrogens (tertiary/aromatic N) is 3. The second kappa shape index (κ2) is 7.47. The number of benzene rings is 1. The van der Waals surface area contributed by atoms with Crippen LogP contribution in [-0.2, 0) is 0 Å². The van der Waals surface area contributed by atoms with Crippen LogP contribution in [0.3, 0.4) is 0 Å². The van der Waals surface area contributed by atoms with Gasteiger partial charge < -0.3 is 10.3 Å². The first kappa shape index (κ1) is 19.3. The normalized spacial score (nSPS) is 11.9. The van der Waals surface area contributed by atoms with Crippen LogP contribution in [-0.4, -0.2) is 15.1 Å². The molecule has 0 aliphatic carbocycles. The van der Waals surface area contributed by atoms with Crippen molar-refractivity contribution in [1.82, 2.24) is 15.1 Å². The van der Waals surface area contributed by atoms with Crippen molar-refractivity contribution in [2.75, 3.05) is 0 Å². The van der Waals surface area contributed by atoms with Crippen molar-refractivity contribution in [2.45, 2.75) is 26.8 Å². The van der Waals surface area contributed by atoms with E-state index in [1.165, 1.54) is 6.07 Å². The molecule has 0 bridgehead atoms. The molecule has 0 saturated heterocycles. The first-order chi connectivity index (χ1) is 11.4. The zero-order valence-electron chi connectivity index (χ0n) is 13.9. The molecule has 8 heteroatoms. The standard InChI is InChI=1S/C17H16ClFN4O.ClH/c1-8-4-11(7-21-16(8)9(2)20)13-5-12(18)6-14(19)15(13)17-22-10(3)24-23-17;/h4-7,9H,20H2,1-3H3;1H. The number of aryl methyl sites for hydroxylation is 2. The van der Waals surface area contributed by atoms with Crippen LogP contribution < -0.4 is 5.73 Å². The fraction of sp³-hybridized carbons (Fsp3) is 0.235. The fourth-order valence-electron chi connectivity index (χ4n) is 2.64. The molecule has 1 unspecified atom stereocenters. The summed E-state index contributed by atoms with van der Waals surface area (Å²) in [4.78, 5) is 8.52. The molecule has 0 aliphatic rings. The molecule has 3 rings (SSSR count). The molecule has 1 aromatic carbocycles. The highest BCUT2D eigenvalue weighted by atomic mass is 35.5. The lowest BCUT2D eigenvalue weighted by Crippen LogP contribution is -2.09. The Kier molecular flexibility index (Phi) is 5.77. The van der Waals surface area contributed by atoms with E-state index in [9.17, 15) is 4.39 Å². The Labute approximate surface area is 155 Å². The Morgan fingerprint density at radius 1 is 1.24 bits per heavy atom. The Balaban J connectivity index is 0.00000225. The van der Waals surface area contributed by atoms with Gasteiger partial charge in [0.15, 0.2) is 0 Å². The largest absolute Gasteiger partial charge is 0.339 e. The molecule has 2 heterocycles. The predicted molar refractivity (Wildman–Crippen MR) is 97.3 cm³/mol. The van der Waals surface area contributed by atoms with Crippen LogP contribution in [0.25, 0.3) is 22.5 Å². The molecular weight excluding hydrogens is 366 g/mol. The number of hydrogen-bond acceptors (Lipinski definition) is 5. The molecule has 3 aromatic rings. The van der Waals surface area contributed by atoms with Gasteiger partial charge in [-0.15, -0.1) is 12.4 Å². The zero-order valence-corrected chi connectivity index (χ0v) is 15.5. The lowest BCUT2D eigenvalue weighted by atomic mass is 9.97. The summed E-state index contributed by atoms with van der Waals surface area (Å²) in [5, 5.41) is 4.10. The summed E-state index contributed by atoms with van der Waals surface area (Å²) in [7, 11) is 0. The topological polar surface area (TPSA) is 77.8 Å². The average molecular weight is 383 g/mol. The highest BCUT2D eigenvalue weighted by Gasteiger charge is 2.20. The minimum absolute atomic E-state index is 0. The first-order valence-electron chi connectivity index (χ1n) is 7.39. The van der Waals surface area contributed by atoms with Crippen LogP contribution in [0.5, 0.6) is 0 Å². The van der Waals surface area contributed by atoms with E-state index >= 15 is 0 Å². The van der Waals surface area contributed by atoms with Crippen molar-refractivity contribution in [3.8, 4) is 22.5 Å². The molecule has 1 atom stereocenters. The van der Waals surface area contributed by atoms with Gasteiger partial charge in [0.2, 0.25) is 11.7 Å². The van der Waals surface area contributed by atoms with Gasteiger partial charge in [-0.1, -0.05) is 16.8 Å². The highest BCUT2D eigenvalue weighted by Crippen LogP contribution is 2.36. The Morgan fingerprint density at radius 2 is 1.96 bits per heavy atom. The molecule has 0 spiro atoms.